The average Bonchev–Trinajstić information content (AvgIpc) is 2.67. The van der Waals surface area contributed by atoms with E-state index >= 15 is 0 Å². The Morgan fingerprint density at radius 3 is 3.27 bits per heavy atom. The molecule has 1 aromatic heterocycles. The van der Waals surface area contributed by atoms with Gasteiger partial charge in [0.2, 0.25) is 5.89 Å². The number of hydrogen-bond acceptors (Lipinski definition) is 4. The number of oxazole rings is 1. The van der Waals surface area contributed by atoms with Gasteiger partial charge >= 0.3 is 5.97 Å². The van der Waals surface area contributed by atoms with Crippen LogP contribution in [-0.2, 0) is 11.2 Å². The minimum atomic E-state index is -0.912. The molecule has 0 aliphatic carbocycles. The summed E-state index contributed by atoms with van der Waals surface area (Å²) in [6, 6.07) is 0. The van der Waals surface area contributed by atoms with E-state index in [2.05, 4.69) is 10.3 Å². The lowest BCUT2D eigenvalue weighted by Crippen LogP contribution is -2.28. The number of aliphatic carboxylic acids is 1. The summed E-state index contributed by atoms with van der Waals surface area (Å²) in [6.45, 7) is 1.95. The Labute approximate surface area is 87.5 Å². The number of rotatable bonds is 3. The molecule has 0 bridgehead atoms. The molecule has 2 heterocycles. The number of nitrogens with one attached hydrogen (secondary N) is 1. The largest absolute Gasteiger partial charge is 0.481 e. The number of carboxylic acids is 1. The van der Waals surface area contributed by atoms with Crippen LogP contribution in [0.2, 0.25) is 0 Å². The Morgan fingerprint density at radius 2 is 2.60 bits per heavy atom. The lowest BCUT2D eigenvalue weighted by molar-refractivity contribution is -0.136. The van der Waals surface area contributed by atoms with Crippen LogP contribution in [0.5, 0.6) is 0 Å². The summed E-state index contributed by atoms with van der Waals surface area (Å²) in [6.07, 6.45) is 3.66. The highest BCUT2D eigenvalue weighted by Gasteiger charge is 2.19. The van der Waals surface area contributed by atoms with E-state index in [0.717, 1.165) is 31.6 Å². The van der Waals surface area contributed by atoms with Gasteiger partial charge in [-0.3, -0.25) is 4.79 Å². The molecule has 1 aliphatic rings. The minimum Gasteiger partial charge on any atom is -0.481 e. The molecule has 2 N–H and O–H groups in total. The normalized spacial score (nSPS) is 21.5. The molecule has 1 saturated heterocycles. The van der Waals surface area contributed by atoms with Crippen molar-refractivity contribution in [1.29, 1.82) is 0 Å². The zero-order valence-electron chi connectivity index (χ0n) is 8.40. The van der Waals surface area contributed by atoms with Gasteiger partial charge in [-0.1, -0.05) is 0 Å². The van der Waals surface area contributed by atoms with Gasteiger partial charge in [0.25, 0.3) is 0 Å². The minimum absolute atomic E-state index is 0.139. The molecule has 0 aromatic carbocycles. The Bertz CT molecular complexity index is 342. The summed E-state index contributed by atoms with van der Waals surface area (Å²) in [5.74, 6) is -0.252. The first kappa shape index (κ1) is 10.2. The van der Waals surface area contributed by atoms with Gasteiger partial charge in [0, 0.05) is 12.5 Å². The molecular formula is C10H14N2O3. The lowest BCUT2D eigenvalue weighted by Gasteiger charge is -2.20. The molecule has 1 atom stereocenters. The third-order valence-corrected chi connectivity index (χ3v) is 2.59. The van der Waals surface area contributed by atoms with Crippen LogP contribution in [0.15, 0.2) is 10.7 Å². The quantitative estimate of drug-likeness (QED) is 0.770. The van der Waals surface area contributed by atoms with Gasteiger partial charge in [-0.15, -0.1) is 0 Å². The molecule has 0 amide bonds. The van der Waals surface area contributed by atoms with Gasteiger partial charge < -0.3 is 14.8 Å². The molecule has 15 heavy (non-hydrogen) atoms. The lowest BCUT2D eigenvalue weighted by atomic mass is 9.97. The highest BCUT2D eigenvalue weighted by molar-refractivity contribution is 5.68. The number of carbonyl (C=O) groups is 1. The number of piperidine rings is 1. The number of nitrogens with zero attached hydrogens (tertiary/aromatic N) is 1. The molecule has 1 aliphatic heterocycles. The van der Waals surface area contributed by atoms with Crippen LogP contribution >= 0.6 is 0 Å². The van der Waals surface area contributed by atoms with Crippen LogP contribution in [0.25, 0.3) is 0 Å². The Balaban J connectivity index is 2.02. The fourth-order valence-electron chi connectivity index (χ4n) is 1.83. The van der Waals surface area contributed by atoms with Gasteiger partial charge in [-0.25, -0.2) is 4.98 Å². The molecule has 5 nitrogen and oxygen atoms in total. The Kier molecular flexibility index (Phi) is 3.01. The maximum Gasteiger partial charge on any atom is 0.312 e. The van der Waals surface area contributed by atoms with Crippen molar-refractivity contribution in [2.45, 2.75) is 25.2 Å². The van der Waals surface area contributed by atoms with Crippen LogP contribution in [0.4, 0.5) is 0 Å². The summed E-state index contributed by atoms with van der Waals surface area (Å²) >= 11 is 0. The van der Waals surface area contributed by atoms with Crippen molar-refractivity contribution in [3.8, 4) is 0 Å². The van der Waals surface area contributed by atoms with Crippen molar-refractivity contribution < 1.29 is 14.3 Å². The molecule has 1 fully saturated rings. The third-order valence-electron chi connectivity index (χ3n) is 2.59. The summed E-state index contributed by atoms with van der Waals surface area (Å²) in [7, 11) is 0. The SMILES string of the molecule is O=C(O)Cc1nc(C2CCCNC2)co1. The van der Waals surface area contributed by atoms with Crippen molar-refractivity contribution in [1.82, 2.24) is 10.3 Å². The van der Waals surface area contributed by atoms with E-state index in [4.69, 9.17) is 9.52 Å². The van der Waals surface area contributed by atoms with Gasteiger partial charge in [0.15, 0.2) is 0 Å². The predicted molar refractivity (Wildman–Crippen MR) is 52.7 cm³/mol. The van der Waals surface area contributed by atoms with Crippen molar-refractivity contribution in [2.75, 3.05) is 13.1 Å². The van der Waals surface area contributed by atoms with Crippen molar-refractivity contribution in [3.05, 3.63) is 17.8 Å². The Morgan fingerprint density at radius 1 is 1.73 bits per heavy atom. The van der Waals surface area contributed by atoms with Crippen LogP contribution in [-0.4, -0.2) is 29.1 Å². The van der Waals surface area contributed by atoms with Gasteiger partial charge in [0.1, 0.15) is 12.7 Å². The first-order valence-electron chi connectivity index (χ1n) is 5.12. The van der Waals surface area contributed by atoms with Gasteiger partial charge in [-0.2, -0.15) is 0 Å². The van der Waals surface area contributed by atoms with E-state index in [9.17, 15) is 4.79 Å². The molecular weight excluding hydrogens is 196 g/mol. The summed E-state index contributed by atoms with van der Waals surface area (Å²) in [5.41, 5.74) is 0.874. The van der Waals surface area contributed by atoms with Crippen LogP contribution in [0, 0.1) is 0 Å². The summed E-state index contributed by atoms with van der Waals surface area (Å²) in [4.78, 5) is 14.6. The Hall–Kier alpha value is -1.36. The van der Waals surface area contributed by atoms with Crippen molar-refractivity contribution >= 4 is 5.97 Å². The third kappa shape index (κ3) is 2.56. The zero-order valence-corrected chi connectivity index (χ0v) is 8.40. The maximum atomic E-state index is 10.4. The van der Waals surface area contributed by atoms with Crippen LogP contribution in [0.3, 0.4) is 0 Å². The van der Waals surface area contributed by atoms with Crippen LogP contribution < -0.4 is 5.32 Å². The molecule has 2 rings (SSSR count). The fraction of sp³-hybridized carbons (Fsp3) is 0.600. The van der Waals surface area contributed by atoms with Crippen molar-refractivity contribution in [2.24, 2.45) is 0 Å². The van der Waals surface area contributed by atoms with Gasteiger partial charge in [0.05, 0.1) is 5.69 Å². The molecule has 0 saturated carbocycles. The summed E-state index contributed by atoms with van der Waals surface area (Å²) < 4.78 is 5.11. The molecule has 0 radical (unpaired) electrons. The first-order chi connectivity index (χ1) is 7.25. The van der Waals surface area contributed by atoms with Crippen molar-refractivity contribution in [3.63, 3.8) is 0 Å². The van der Waals surface area contributed by atoms with E-state index in [-0.39, 0.29) is 6.42 Å². The second-order valence-electron chi connectivity index (χ2n) is 3.78. The predicted octanol–water partition coefficient (Wildman–Crippen LogP) is 0.769. The molecule has 0 spiro atoms. The van der Waals surface area contributed by atoms with E-state index < -0.39 is 5.97 Å². The summed E-state index contributed by atoms with van der Waals surface area (Å²) in [5, 5.41) is 11.9. The average molecular weight is 210 g/mol. The van der Waals surface area contributed by atoms with E-state index in [1.807, 2.05) is 0 Å². The molecule has 1 unspecified atom stereocenters. The van der Waals surface area contributed by atoms with E-state index in [1.165, 1.54) is 0 Å². The highest BCUT2D eigenvalue weighted by Crippen LogP contribution is 2.22. The fourth-order valence-corrected chi connectivity index (χ4v) is 1.83. The molecule has 1 aromatic rings. The van der Waals surface area contributed by atoms with E-state index in [1.54, 1.807) is 6.26 Å². The monoisotopic (exact) mass is 210 g/mol. The zero-order chi connectivity index (χ0) is 10.7. The topological polar surface area (TPSA) is 75.4 Å². The van der Waals surface area contributed by atoms with E-state index in [0.29, 0.717) is 11.8 Å². The smallest absolute Gasteiger partial charge is 0.312 e. The standard InChI is InChI=1S/C10H14N2O3/c13-10(14)4-9-12-8(6-15-9)7-2-1-3-11-5-7/h6-7,11H,1-5H2,(H,13,14). The number of hydrogen-bond donors (Lipinski definition) is 2. The second-order valence-corrected chi connectivity index (χ2v) is 3.78. The van der Waals surface area contributed by atoms with Gasteiger partial charge in [-0.05, 0) is 19.4 Å². The number of carboxylic acid groups (broad SMARTS) is 1. The van der Waals surface area contributed by atoms with Crippen LogP contribution in [0.1, 0.15) is 30.3 Å². The maximum absolute atomic E-state index is 10.4. The molecule has 82 valence electrons. The number of aromatic nitrogens is 1. The second kappa shape index (κ2) is 4.44. The highest BCUT2D eigenvalue weighted by atomic mass is 16.4. The first-order valence-corrected chi connectivity index (χ1v) is 5.12. The molecule has 5 heteroatoms.